The van der Waals surface area contributed by atoms with Crippen LogP contribution in [-0.2, 0) is 9.59 Å². The number of para-hydroxylation sites is 1. The Hall–Kier alpha value is -1.61. The fourth-order valence-corrected chi connectivity index (χ4v) is 0.910. The van der Waals surface area contributed by atoms with E-state index >= 15 is 0 Å². The Morgan fingerprint density at radius 3 is 2.36 bits per heavy atom. The molecule has 0 aliphatic carbocycles. The topological polar surface area (TPSA) is 46.2 Å². The number of rotatable bonds is 3. The van der Waals surface area contributed by atoms with E-state index in [0.717, 1.165) is 12.2 Å². The van der Waals surface area contributed by atoms with Crippen molar-refractivity contribution in [3.8, 4) is 0 Å². The molecule has 0 spiro atoms. The second-order valence-corrected chi connectivity index (χ2v) is 2.87. The van der Waals surface area contributed by atoms with Crippen LogP contribution in [-0.4, -0.2) is 11.1 Å². The SMILES string of the molecule is O=C(Cl)/C=C/C(=O)Nc1ccccc1. The van der Waals surface area contributed by atoms with Crippen molar-refractivity contribution in [1.29, 1.82) is 0 Å². The molecule has 14 heavy (non-hydrogen) atoms. The molecule has 0 radical (unpaired) electrons. The standard InChI is InChI=1S/C10H8ClNO2/c11-9(13)6-7-10(14)12-8-4-2-1-3-5-8/h1-7H,(H,12,14)/b7-6+. The number of carbonyl (C=O) groups is 2. The van der Waals surface area contributed by atoms with Gasteiger partial charge < -0.3 is 5.32 Å². The minimum atomic E-state index is -0.673. The summed E-state index contributed by atoms with van der Waals surface area (Å²) in [4.78, 5) is 21.4. The summed E-state index contributed by atoms with van der Waals surface area (Å²) in [6.07, 6.45) is 2.09. The van der Waals surface area contributed by atoms with E-state index in [-0.39, 0.29) is 5.91 Å². The monoisotopic (exact) mass is 209 g/mol. The third-order valence-electron chi connectivity index (χ3n) is 1.41. The quantitative estimate of drug-likeness (QED) is 0.611. The van der Waals surface area contributed by atoms with Crippen molar-refractivity contribution >= 4 is 28.4 Å². The van der Waals surface area contributed by atoms with Crippen molar-refractivity contribution in [2.45, 2.75) is 0 Å². The van der Waals surface area contributed by atoms with Crippen molar-refractivity contribution in [2.75, 3.05) is 5.32 Å². The third-order valence-corrected chi connectivity index (χ3v) is 1.53. The van der Waals surface area contributed by atoms with E-state index in [1.807, 2.05) is 6.07 Å². The normalized spacial score (nSPS) is 10.1. The van der Waals surface area contributed by atoms with Gasteiger partial charge in [0.05, 0.1) is 0 Å². The summed E-state index contributed by atoms with van der Waals surface area (Å²) in [5.74, 6) is -0.384. The lowest BCUT2D eigenvalue weighted by atomic mass is 10.3. The van der Waals surface area contributed by atoms with Crippen LogP contribution in [0.25, 0.3) is 0 Å². The van der Waals surface area contributed by atoms with Crippen LogP contribution >= 0.6 is 11.6 Å². The van der Waals surface area contributed by atoms with Crippen LogP contribution < -0.4 is 5.32 Å². The Morgan fingerprint density at radius 1 is 1.14 bits per heavy atom. The van der Waals surface area contributed by atoms with Crippen molar-refractivity contribution in [2.24, 2.45) is 0 Å². The molecule has 1 amide bonds. The lowest BCUT2D eigenvalue weighted by molar-refractivity contribution is -0.112. The second-order valence-electron chi connectivity index (χ2n) is 2.49. The minimum absolute atomic E-state index is 0.384. The Kier molecular flexibility index (Phi) is 3.88. The molecule has 0 unspecified atom stereocenters. The van der Waals surface area contributed by atoms with Gasteiger partial charge in [-0.3, -0.25) is 9.59 Å². The molecule has 0 fully saturated rings. The van der Waals surface area contributed by atoms with Crippen molar-refractivity contribution in [3.05, 3.63) is 42.5 Å². The van der Waals surface area contributed by atoms with Gasteiger partial charge in [-0.15, -0.1) is 0 Å². The number of allylic oxidation sites excluding steroid dienone is 1. The molecule has 72 valence electrons. The summed E-state index contributed by atoms with van der Waals surface area (Å²) < 4.78 is 0. The van der Waals surface area contributed by atoms with Gasteiger partial charge in [-0.2, -0.15) is 0 Å². The van der Waals surface area contributed by atoms with E-state index in [1.54, 1.807) is 24.3 Å². The molecule has 1 rings (SSSR count). The molecule has 0 saturated heterocycles. The number of hydrogen-bond acceptors (Lipinski definition) is 2. The Morgan fingerprint density at radius 2 is 1.79 bits per heavy atom. The molecule has 0 bridgehead atoms. The van der Waals surface area contributed by atoms with E-state index in [0.29, 0.717) is 5.69 Å². The van der Waals surface area contributed by atoms with Crippen LogP contribution in [0.2, 0.25) is 0 Å². The molecule has 0 aliphatic heterocycles. The average Bonchev–Trinajstić information content (AvgIpc) is 2.16. The van der Waals surface area contributed by atoms with E-state index in [1.165, 1.54) is 0 Å². The van der Waals surface area contributed by atoms with Crippen LogP contribution in [0.4, 0.5) is 5.69 Å². The van der Waals surface area contributed by atoms with Crippen molar-refractivity contribution in [1.82, 2.24) is 0 Å². The molecular weight excluding hydrogens is 202 g/mol. The predicted octanol–water partition coefficient (Wildman–Crippen LogP) is 1.95. The van der Waals surface area contributed by atoms with Gasteiger partial charge in [0.1, 0.15) is 0 Å². The fraction of sp³-hybridized carbons (Fsp3) is 0. The summed E-state index contributed by atoms with van der Waals surface area (Å²) >= 11 is 5.02. The average molecular weight is 210 g/mol. The fourth-order valence-electron chi connectivity index (χ4n) is 0.847. The summed E-state index contributed by atoms with van der Waals surface area (Å²) in [5, 5.41) is 1.89. The van der Waals surface area contributed by atoms with Gasteiger partial charge in [0, 0.05) is 17.8 Å². The summed E-state index contributed by atoms with van der Waals surface area (Å²) in [5.41, 5.74) is 0.671. The number of amides is 1. The zero-order chi connectivity index (χ0) is 10.4. The Labute approximate surface area is 86.4 Å². The van der Waals surface area contributed by atoms with Crippen LogP contribution in [0.15, 0.2) is 42.5 Å². The number of halogens is 1. The molecule has 0 aliphatic rings. The van der Waals surface area contributed by atoms with Gasteiger partial charge in [0.25, 0.3) is 0 Å². The third kappa shape index (κ3) is 3.87. The predicted molar refractivity (Wildman–Crippen MR) is 55.1 cm³/mol. The zero-order valence-corrected chi connectivity index (χ0v) is 7.99. The van der Waals surface area contributed by atoms with E-state index < -0.39 is 5.24 Å². The van der Waals surface area contributed by atoms with Gasteiger partial charge in [0.2, 0.25) is 11.1 Å². The van der Waals surface area contributed by atoms with Crippen LogP contribution in [0.1, 0.15) is 0 Å². The highest BCUT2D eigenvalue weighted by Crippen LogP contribution is 2.04. The largest absolute Gasteiger partial charge is 0.323 e. The van der Waals surface area contributed by atoms with E-state index in [4.69, 9.17) is 11.6 Å². The molecule has 0 heterocycles. The van der Waals surface area contributed by atoms with E-state index in [9.17, 15) is 9.59 Å². The number of benzene rings is 1. The summed E-state index contributed by atoms with van der Waals surface area (Å²) in [6.45, 7) is 0. The van der Waals surface area contributed by atoms with Crippen molar-refractivity contribution < 1.29 is 9.59 Å². The van der Waals surface area contributed by atoms with Crippen LogP contribution in [0.5, 0.6) is 0 Å². The molecule has 4 heteroatoms. The maximum Gasteiger partial charge on any atom is 0.248 e. The van der Waals surface area contributed by atoms with Gasteiger partial charge in [0.15, 0.2) is 0 Å². The molecule has 1 aromatic carbocycles. The number of nitrogens with one attached hydrogen (secondary N) is 1. The van der Waals surface area contributed by atoms with Gasteiger partial charge >= 0.3 is 0 Å². The highest BCUT2D eigenvalue weighted by molar-refractivity contribution is 6.66. The first-order valence-electron chi connectivity index (χ1n) is 3.92. The Balaban J connectivity index is 2.54. The number of hydrogen-bond donors (Lipinski definition) is 1. The van der Waals surface area contributed by atoms with Crippen LogP contribution in [0, 0.1) is 0 Å². The minimum Gasteiger partial charge on any atom is -0.323 e. The highest BCUT2D eigenvalue weighted by Gasteiger charge is 1.96. The molecule has 1 aromatic rings. The van der Waals surface area contributed by atoms with Gasteiger partial charge in [-0.25, -0.2) is 0 Å². The highest BCUT2D eigenvalue weighted by atomic mass is 35.5. The molecule has 0 aromatic heterocycles. The number of carbonyl (C=O) groups excluding carboxylic acids is 2. The van der Waals surface area contributed by atoms with Gasteiger partial charge in [-0.05, 0) is 23.7 Å². The first-order valence-corrected chi connectivity index (χ1v) is 4.30. The molecule has 1 N–H and O–H groups in total. The zero-order valence-electron chi connectivity index (χ0n) is 7.24. The van der Waals surface area contributed by atoms with E-state index in [2.05, 4.69) is 5.32 Å². The first-order chi connectivity index (χ1) is 6.68. The van der Waals surface area contributed by atoms with Crippen molar-refractivity contribution in [3.63, 3.8) is 0 Å². The Bertz CT molecular complexity index is 360. The molecule has 0 atom stereocenters. The lowest BCUT2D eigenvalue weighted by Gasteiger charge is -1.99. The first kappa shape index (κ1) is 10.5. The maximum absolute atomic E-state index is 11.1. The molecule has 0 saturated carbocycles. The lowest BCUT2D eigenvalue weighted by Crippen LogP contribution is -2.07. The molecule has 3 nitrogen and oxygen atoms in total. The number of anilines is 1. The molecular formula is C10H8ClNO2. The van der Waals surface area contributed by atoms with Gasteiger partial charge in [-0.1, -0.05) is 18.2 Å². The van der Waals surface area contributed by atoms with Crippen LogP contribution in [0.3, 0.4) is 0 Å². The summed E-state index contributed by atoms with van der Waals surface area (Å²) in [7, 11) is 0. The summed E-state index contributed by atoms with van der Waals surface area (Å²) in [6, 6.07) is 8.92. The maximum atomic E-state index is 11.1. The smallest absolute Gasteiger partial charge is 0.248 e. The second kappa shape index (κ2) is 5.19.